The third-order valence-electron chi connectivity index (χ3n) is 6.56. The molecule has 2 heterocycles. The molecule has 0 aromatic heterocycles. The number of nitrogens with one attached hydrogen (secondary N) is 3. The van der Waals surface area contributed by atoms with Gasteiger partial charge in [-0.25, -0.2) is 19.8 Å². The number of amides is 5. The monoisotopic (exact) mass is 464 g/mol. The van der Waals surface area contributed by atoms with Crippen LogP contribution < -0.4 is 16.1 Å². The summed E-state index contributed by atoms with van der Waals surface area (Å²) in [5.41, 5.74) is 2.82. The Bertz CT molecular complexity index is 809. The number of hydrogen-bond donors (Lipinski definition) is 4. The molecule has 4 N–H and O–H groups in total. The van der Waals surface area contributed by atoms with Gasteiger partial charge >= 0.3 is 18.2 Å². The molecule has 1 saturated carbocycles. The van der Waals surface area contributed by atoms with E-state index in [4.69, 9.17) is 4.74 Å². The van der Waals surface area contributed by atoms with E-state index in [1.807, 2.05) is 0 Å². The van der Waals surface area contributed by atoms with Gasteiger partial charge in [0.1, 0.15) is 6.61 Å². The maximum Gasteiger partial charge on any atom is 0.410 e. The number of urea groups is 1. The van der Waals surface area contributed by atoms with Gasteiger partial charge in [0.05, 0.1) is 24.3 Å². The number of ether oxygens (including phenoxy) is 1. The van der Waals surface area contributed by atoms with Gasteiger partial charge in [-0.15, -0.1) is 0 Å². The SMILES string of the molecule is C=CCOC(=O)N1C/C(=N\NC(=O)NCC2CCC(C(=O)NC)CC2)C2C1CCN2C(=O)O. The fraction of sp³-hybridized carbons (Fsp3) is 0.667. The van der Waals surface area contributed by atoms with Crippen molar-refractivity contribution < 1.29 is 29.0 Å². The summed E-state index contributed by atoms with van der Waals surface area (Å²) in [4.78, 5) is 50.7. The standard InChI is InChI=1S/C21H32N6O6/c1-3-10-33-21(32)27-12-15(17-16(27)8-9-26(17)20(30)31)24-25-19(29)23-11-13-4-6-14(7-5-13)18(28)22-2/h3,13-14,16-17H,1,4-12H2,2H3,(H,22,28)(H,30,31)(H2,23,25,29)/b24-15+. The van der Waals surface area contributed by atoms with Gasteiger partial charge < -0.3 is 20.5 Å². The van der Waals surface area contributed by atoms with Crippen molar-refractivity contribution in [1.29, 1.82) is 0 Å². The molecule has 33 heavy (non-hydrogen) atoms. The Balaban J connectivity index is 1.54. The van der Waals surface area contributed by atoms with Gasteiger partial charge in [-0.1, -0.05) is 12.7 Å². The van der Waals surface area contributed by atoms with Crippen LogP contribution in [0.1, 0.15) is 32.1 Å². The quantitative estimate of drug-likeness (QED) is 0.339. The fourth-order valence-corrected chi connectivity index (χ4v) is 4.85. The Morgan fingerprint density at radius 3 is 2.55 bits per heavy atom. The highest BCUT2D eigenvalue weighted by atomic mass is 16.6. The number of likely N-dealkylation sites (tertiary alicyclic amines) is 2. The van der Waals surface area contributed by atoms with Crippen LogP contribution in [0.25, 0.3) is 0 Å². The molecule has 12 nitrogen and oxygen atoms in total. The summed E-state index contributed by atoms with van der Waals surface area (Å²) in [6, 6.07) is -1.52. The van der Waals surface area contributed by atoms with E-state index in [9.17, 15) is 24.3 Å². The average molecular weight is 465 g/mol. The van der Waals surface area contributed by atoms with Crippen LogP contribution in [-0.2, 0) is 9.53 Å². The molecule has 2 atom stereocenters. The first-order chi connectivity index (χ1) is 15.8. The van der Waals surface area contributed by atoms with Crippen molar-refractivity contribution in [2.24, 2.45) is 16.9 Å². The highest BCUT2D eigenvalue weighted by Crippen LogP contribution is 2.31. The Morgan fingerprint density at radius 1 is 1.18 bits per heavy atom. The second-order valence-electron chi connectivity index (χ2n) is 8.53. The van der Waals surface area contributed by atoms with Crippen LogP contribution in [0.5, 0.6) is 0 Å². The van der Waals surface area contributed by atoms with Gasteiger partial charge in [-0.2, -0.15) is 5.10 Å². The lowest BCUT2D eigenvalue weighted by Gasteiger charge is -2.27. The smallest absolute Gasteiger partial charge is 0.410 e. The molecule has 3 fully saturated rings. The molecule has 12 heteroatoms. The first kappa shape index (κ1) is 24.3. The summed E-state index contributed by atoms with van der Waals surface area (Å²) in [5, 5.41) is 19.1. The molecule has 5 amide bonds. The zero-order valence-electron chi connectivity index (χ0n) is 18.8. The molecular formula is C21H32N6O6. The number of rotatable bonds is 6. The van der Waals surface area contributed by atoms with Crippen LogP contribution in [0.15, 0.2) is 17.8 Å². The normalized spacial score (nSPS) is 27.6. The molecule has 0 radical (unpaired) electrons. The van der Waals surface area contributed by atoms with E-state index in [-0.39, 0.29) is 37.4 Å². The van der Waals surface area contributed by atoms with Gasteiger partial charge in [-0.3, -0.25) is 14.6 Å². The van der Waals surface area contributed by atoms with Crippen molar-refractivity contribution >= 4 is 29.8 Å². The van der Waals surface area contributed by atoms with E-state index in [0.29, 0.717) is 18.7 Å². The van der Waals surface area contributed by atoms with Crippen molar-refractivity contribution in [1.82, 2.24) is 25.9 Å². The third kappa shape index (κ3) is 5.74. The molecule has 2 aliphatic heterocycles. The van der Waals surface area contributed by atoms with E-state index >= 15 is 0 Å². The molecule has 3 rings (SSSR count). The molecule has 182 valence electrons. The minimum absolute atomic E-state index is 0.0338. The molecule has 2 unspecified atom stereocenters. The number of carbonyl (C=O) groups excluding carboxylic acids is 3. The van der Waals surface area contributed by atoms with Crippen molar-refractivity contribution in [3.63, 3.8) is 0 Å². The van der Waals surface area contributed by atoms with E-state index in [2.05, 4.69) is 27.7 Å². The summed E-state index contributed by atoms with van der Waals surface area (Å²) >= 11 is 0. The Morgan fingerprint density at radius 2 is 1.91 bits per heavy atom. The summed E-state index contributed by atoms with van der Waals surface area (Å²) in [6.45, 7) is 4.36. The second kappa shape index (κ2) is 11.0. The minimum atomic E-state index is -1.10. The number of carbonyl (C=O) groups is 4. The lowest BCUT2D eigenvalue weighted by Crippen LogP contribution is -2.44. The van der Waals surface area contributed by atoms with Crippen LogP contribution in [0.3, 0.4) is 0 Å². The molecule has 1 aliphatic carbocycles. The van der Waals surface area contributed by atoms with Crippen LogP contribution in [0.4, 0.5) is 14.4 Å². The number of nitrogens with zero attached hydrogens (tertiary/aromatic N) is 3. The van der Waals surface area contributed by atoms with Crippen LogP contribution >= 0.6 is 0 Å². The summed E-state index contributed by atoms with van der Waals surface area (Å²) < 4.78 is 5.11. The highest BCUT2D eigenvalue weighted by molar-refractivity contribution is 5.99. The topological polar surface area (TPSA) is 153 Å². The van der Waals surface area contributed by atoms with E-state index < -0.39 is 30.3 Å². The number of fused-ring (bicyclic) bond motifs is 1. The predicted molar refractivity (Wildman–Crippen MR) is 119 cm³/mol. The fourth-order valence-electron chi connectivity index (χ4n) is 4.85. The number of hydrazone groups is 1. The maximum absolute atomic E-state index is 12.4. The third-order valence-corrected chi connectivity index (χ3v) is 6.56. The molecule has 0 bridgehead atoms. The molecule has 3 aliphatic rings. The molecule has 0 spiro atoms. The van der Waals surface area contributed by atoms with Gasteiger partial charge in [0.25, 0.3) is 0 Å². The van der Waals surface area contributed by atoms with Gasteiger partial charge in [0.2, 0.25) is 5.91 Å². The lowest BCUT2D eigenvalue weighted by molar-refractivity contribution is -0.125. The van der Waals surface area contributed by atoms with Gasteiger partial charge in [0, 0.05) is 26.1 Å². The summed E-state index contributed by atoms with van der Waals surface area (Å²) in [5.74, 6) is 0.383. The largest absolute Gasteiger partial charge is 0.465 e. The zero-order chi connectivity index (χ0) is 24.0. The Labute approximate surface area is 192 Å². The zero-order valence-corrected chi connectivity index (χ0v) is 18.8. The summed E-state index contributed by atoms with van der Waals surface area (Å²) in [6.07, 6.45) is 3.54. The predicted octanol–water partition coefficient (Wildman–Crippen LogP) is 0.953. The molecule has 0 aromatic rings. The Hall–Kier alpha value is -3.31. The van der Waals surface area contributed by atoms with Crippen LogP contribution in [0, 0.1) is 11.8 Å². The van der Waals surface area contributed by atoms with Crippen molar-refractivity contribution in [3.05, 3.63) is 12.7 Å². The molecule has 0 aromatic carbocycles. The highest BCUT2D eigenvalue weighted by Gasteiger charge is 2.51. The number of hydrogen-bond acceptors (Lipinski definition) is 6. The lowest BCUT2D eigenvalue weighted by atomic mass is 9.81. The van der Waals surface area contributed by atoms with Crippen molar-refractivity contribution in [2.75, 3.05) is 33.3 Å². The minimum Gasteiger partial charge on any atom is -0.465 e. The first-order valence-electron chi connectivity index (χ1n) is 11.2. The number of carboxylic acid groups (broad SMARTS) is 1. The first-order valence-corrected chi connectivity index (χ1v) is 11.2. The van der Waals surface area contributed by atoms with E-state index in [0.717, 1.165) is 25.7 Å². The molecular weight excluding hydrogens is 432 g/mol. The van der Waals surface area contributed by atoms with Gasteiger partial charge in [-0.05, 0) is 38.0 Å². The molecule has 2 saturated heterocycles. The Kier molecular flexibility index (Phi) is 8.12. The van der Waals surface area contributed by atoms with Crippen molar-refractivity contribution in [3.8, 4) is 0 Å². The van der Waals surface area contributed by atoms with Crippen molar-refractivity contribution in [2.45, 2.75) is 44.2 Å². The maximum atomic E-state index is 12.4. The summed E-state index contributed by atoms with van der Waals surface area (Å²) in [7, 11) is 1.64. The van der Waals surface area contributed by atoms with Crippen LogP contribution in [0.2, 0.25) is 0 Å². The van der Waals surface area contributed by atoms with Gasteiger partial charge in [0.15, 0.2) is 0 Å². The second-order valence-corrected chi connectivity index (χ2v) is 8.53. The van der Waals surface area contributed by atoms with Crippen LogP contribution in [-0.4, -0.2) is 90.1 Å². The average Bonchev–Trinajstić information content (AvgIpc) is 3.40. The van der Waals surface area contributed by atoms with E-state index in [1.54, 1.807) is 7.05 Å². The van der Waals surface area contributed by atoms with E-state index in [1.165, 1.54) is 15.9 Å².